The van der Waals surface area contributed by atoms with Gasteiger partial charge in [0, 0.05) is 11.5 Å². The molecule has 0 spiro atoms. The number of amides is 1. The minimum absolute atomic E-state index is 0.0404. The Morgan fingerprint density at radius 2 is 1.92 bits per heavy atom. The molecule has 24 heavy (non-hydrogen) atoms. The molecule has 128 valence electrons. The first kappa shape index (κ1) is 18.6. The monoisotopic (exact) mass is 414 g/mol. The summed E-state index contributed by atoms with van der Waals surface area (Å²) in [7, 11) is -2.31. The van der Waals surface area contributed by atoms with E-state index in [9.17, 15) is 17.6 Å². The summed E-state index contributed by atoms with van der Waals surface area (Å²) in [5.41, 5.74) is 0.508. The van der Waals surface area contributed by atoms with Crippen molar-refractivity contribution in [2.45, 2.75) is 17.9 Å². The topological polar surface area (TPSA) is 80.5 Å². The van der Waals surface area contributed by atoms with Crippen LogP contribution in [0, 0.1) is 5.82 Å². The maximum Gasteiger partial charge on any atom is 0.257 e. The van der Waals surface area contributed by atoms with Crippen molar-refractivity contribution >= 4 is 31.9 Å². The summed E-state index contributed by atoms with van der Waals surface area (Å²) in [6, 6.07) is 9.65. The Balaban J connectivity index is 2.34. The second-order valence-corrected chi connectivity index (χ2v) is 7.81. The van der Waals surface area contributed by atoms with Crippen molar-refractivity contribution in [2.24, 2.45) is 5.14 Å². The van der Waals surface area contributed by atoms with Crippen LogP contribution in [0.25, 0.3) is 0 Å². The summed E-state index contributed by atoms with van der Waals surface area (Å²) in [6.45, 7) is 1.72. The van der Waals surface area contributed by atoms with Gasteiger partial charge in [-0.1, -0.05) is 28.1 Å². The molecule has 0 aliphatic carbocycles. The lowest BCUT2D eigenvalue weighted by molar-refractivity contribution is 0.0737. The number of hydrogen-bond donors (Lipinski definition) is 1. The number of benzene rings is 2. The molecule has 1 amide bonds. The van der Waals surface area contributed by atoms with Crippen molar-refractivity contribution in [1.29, 1.82) is 0 Å². The van der Waals surface area contributed by atoms with Gasteiger partial charge in [0.25, 0.3) is 5.91 Å². The van der Waals surface area contributed by atoms with Crippen LogP contribution in [-0.2, 0) is 10.0 Å². The van der Waals surface area contributed by atoms with Gasteiger partial charge >= 0.3 is 0 Å². The molecule has 2 rings (SSSR count). The van der Waals surface area contributed by atoms with Crippen LogP contribution in [0.1, 0.15) is 28.9 Å². The van der Waals surface area contributed by atoms with E-state index in [0.717, 1.165) is 0 Å². The first-order valence-electron chi connectivity index (χ1n) is 6.96. The largest absolute Gasteiger partial charge is 0.335 e. The van der Waals surface area contributed by atoms with Crippen molar-refractivity contribution in [2.75, 3.05) is 7.05 Å². The van der Waals surface area contributed by atoms with Crippen LogP contribution < -0.4 is 5.14 Å². The standard InChI is InChI=1S/C16H16BrFN2O3S/c1-10(11-4-3-5-13(8-11)24(19,22)23)20(2)16(21)14-9-12(17)6-7-15(14)18/h3-10H,1-2H3,(H2,19,22,23). The van der Waals surface area contributed by atoms with Crippen LogP contribution in [0.2, 0.25) is 0 Å². The predicted molar refractivity (Wildman–Crippen MR) is 92.4 cm³/mol. The molecule has 2 aromatic rings. The zero-order chi connectivity index (χ0) is 18.1. The average molecular weight is 415 g/mol. The molecule has 0 aliphatic heterocycles. The van der Waals surface area contributed by atoms with Crippen LogP contribution in [-0.4, -0.2) is 26.3 Å². The van der Waals surface area contributed by atoms with Gasteiger partial charge in [0.15, 0.2) is 0 Å². The van der Waals surface area contributed by atoms with Gasteiger partial charge in [-0.2, -0.15) is 0 Å². The van der Waals surface area contributed by atoms with Crippen LogP contribution in [0.5, 0.6) is 0 Å². The van der Waals surface area contributed by atoms with Gasteiger partial charge in [0.2, 0.25) is 10.0 Å². The van der Waals surface area contributed by atoms with E-state index >= 15 is 0 Å². The van der Waals surface area contributed by atoms with Gasteiger partial charge < -0.3 is 4.90 Å². The molecule has 0 aromatic heterocycles. The number of nitrogens with zero attached hydrogens (tertiary/aromatic N) is 1. The summed E-state index contributed by atoms with van der Waals surface area (Å²) in [6.07, 6.45) is 0. The molecule has 0 aliphatic rings. The summed E-state index contributed by atoms with van der Waals surface area (Å²) in [4.78, 5) is 13.8. The van der Waals surface area contributed by atoms with Crippen molar-refractivity contribution < 1.29 is 17.6 Å². The van der Waals surface area contributed by atoms with Crippen molar-refractivity contribution in [1.82, 2.24) is 4.90 Å². The Labute approximate surface area is 148 Å². The SMILES string of the molecule is CC(c1cccc(S(N)(=O)=O)c1)N(C)C(=O)c1cc(Br)ccc1F. The second-order valence-electron chi connectivity index (χ2n) is 5.33. The maximum absolute atomic E-state index is 13.9. The summed E-state index contributed by atoms with van der Waals surface area (Å²) >= 11 is 3.21. The van der Waals surface area contributed by atoms with Gasteiger partial charge in [-0.05, 0) is 42.8 Å². The number of rotatable bonds is 4. The Bertz CT molecular complexity index is 887. The third-order valence-electron chi connectivity index (χ3n) is 3.73. The van der Waals surface area contributed by atoms with Gasteiger partial charge in [-0.15, -0.1) is 0 Å². The first-order valence-corrected chi connectivity index (χ1v) is 9.30. The minimum atomic E-state index is -3.84. The third kappa shape index (κ3) is 4.00. The lowest BCUT2D eigenvalue weighted by Crippen LogP contribution is -2.30. The highest BCUT2D eigenvalue weighted by Crippen LogP contribution is 2.24. The normalized spacial score (nSPS) is 12.7. The van der Waals surface area contributed by atoms with Crippen molar-refractivity contribution in [3.63, 3.8) is 0 Å². The highest BCUT2D eigenvalue weighted by Gasteiger charge is 2.22. The number of nitrogens with two attached hydrogens (primary N) is 1. The quantitative estimate of drug-likeness (QED) is 0.834. The van der Waals surface area contributed by atoms with E-state index in [4.69, 9.17) is 5.14 Å². The number of hydrogen-bond acceptors (Lipinski definition) is 3. The summed E-state index contributed by atoms with van der Waals surface area (Å²) in [5, 5.41) is 5.13. The van der Waals surface area contributed by atoms with Crippen LogP contribution in [0.4, 0.5) is 4.39 Å². The second kappa shape index (κ2) is 7.00. The van der Waals surface area contributed by atoms with Crippen molar-refractivity contribution in [3.8, 4) is 0 Å². The molecule has 1 unspecified atom stereocenters. The Kier molecular flexibility index (Phi) is 5.42. The maximum atomic E-state index is 13.9. The zero-order valence-electron chi connectivity index (χ0n) is 13.0. The van der Waals surface area contributed by atoms with Crippen LogP contribution >= 0.6 is 15.9 Å². The van der Waals surface area contributed by atoms with Crippen molar-refractivity contribution in [3.05, 3.63) is 63.9 Å². The van der Waals surface area contributed by atoms with E-state index in [-0.39, 0.29) is 10.5 Å². The number of halogens is 2. The Morgan fingerprint density at radius 3 is 2.54 bits per heavy atom. The Hall–Kier alpha value is -1.77. The number of sulfonamides is 1. The van der Waals surface area contributed by atoms with E-state index in [0.29, 0.717) is 10.0 Å². The molecule has 2 N–H and O–H groups in total. The number of primary sulfonamides is 1. The molecule has 0 fully saturated rings. The predicted octanol–water partition coefficient (Wildman–Crippen LogP) is 3.07. The fourth-order valence-corrected chi connectivity index (χ4v) is 3.13. The van der Waals surface area contributed by atoms with E-state index in [1.165, 1.54) is 42.3 Å². The smallest absolute Gasteiger partial charge is 0.257 e. The molecule has 1 atom stereocenters. The summed E-state index contributed by atoms with van der Waals surface area (Å²) in [5.74, 6) is -1.14. The van der Waals surface area contributed by atoms with Crippen LogP contribution in [0.3, 0.4) is 0 Å². The molecule has 0 bridgehead atoms. The highest BCUT2D eigenvalue weighted by molar-refractivity contribution is 9.10. The van der Waals surface area contributed by atoms with Crippen LogP contribution in [0.15, 0.2) is 51.8 Å². The zero-order valence-corrected chi connectivity index (χ0v) is 15.4. The molecule has 5 nitrogen and oxygen atoms in total. The van der Waals surface area contributed by atoms with Gasteiger partial charge in [-0.25, -0.2) is 17.9 Å². The van der Waals surface area contributed by atoms with Gasteiger partial charge in [-0.3, -0.25) is 4.79 Å². The molecular formula is C16H16BrFN2O3S. The third-order valence-corrected chi connectivity index (χ3v) is 5.13. The molecule has 0 saturated carbocycles. The first-order chi connectivity index (χ1) is 11.1. The lowest BCUT2D eigenvalue weighted by Gasteiger charge is -2.26. The van der Waals surface area contributed by atoms with E-state index in [2.05, 4.69) is 15.9 Å². The van der Waals surface area contributed by atoms with E-state index in [1.807, 2.05) is 0 Å². The fourth-order valence-electron chi connectivity index (χ4n) is 2.20. The number of carbonyl (C=O) groups excluding carboxylic acids is 1. The van der Waals surface area contributed by atoms with E-state index in [1.54, 1.807) is 19.1 Å². The van der Waals surface area contributed by atoms with Gasteiger partial charge in [0.1, 0.15) is 5.82 Å². The summed E-state index contributed by atoms with van der Waals surface area (Å²) < 4.78 is 37.4. The molecule has 8 heteroatoms. The molecule has 0 heterocycles. The molecule has 2 aromatic carbocycles. The minimum Gasteiger partial charge on any atom is -0.335 e. The molecular weight excluding hydrogens is 399 g/mol. The average Bonchev–Trinajstić information content (AvgIpc) is 2.54. The van der Waals surface area contributed by atoms with Gasteiger partial charge in [0.05, 0.1) is 16.5 Å². The number of carbonyl (C=O) groups is 1. The highest BCUT2D eigenvalue weighted by atomic mass is 79.9. The molecule has 0 radical (unpaired) electrons. The fraction of sp³-hybridized carbons (Fsp3) is 0.188. The lowest BCUT2D eigenvalue weighted by atomic mass is 10.1. The molecule has 0 saturated heterocycles. The Morgan fingerprint density at radius 1 is 1.25 bits per heavy atom. The van der Waals surface area contributed by atoms with E-state index < -0.39 is 27.8 Å².